The van der Waals surface area contributed by atoms with E-state index in [0.717, 1.165) is 17.5 Å². The van der Waals surface area contributed by atoms with Crippen molar-refractivity contribution in [2.45, 2.75) is 5.67 Å². The lowest BCUT2D eigenvalue weighted by atomic mass is 9.83. The van der Waals surface area contributed by atoms with Crippen molar-refractivity contribution >= 4 is 39.6 Å². The van der Waals surface area contributed by atoms with Gasteiger partial charge in [-0.2, -0.15) is 0 Å². The molecule has 0 saturated carbocycles. The minimum absolute atomic E-state index is 0.0726. The third-order valence-corrected chi connectivity index (χ3v) is 5.43. The van der Waals surface area contributed by atoms with Gasteiger partial charge in [-0.1, -0.05) is 29.8 Å². The number of carbonyl (C=O) groups excluding carboxylic acids is 2. The van der Waals surface area contributed by atoms with Gasteiger partial charge in [-0.15, -0.1) is 11.3 Å². The first kappa shape index (κ1) is 16.8. The van der Waals surface area contributed by atoms with Crippen molar-refractivity contribution in [1.29, 1.82) is 0 Å². The Bertz CT molecular complexity index is 1050. The number of hydrogen-bond acceptors (Lipinski definition) is 4. The van der Waals surface area contributed by atoms with Crippen LogP contribution in [0, 0.1) is 5.82 Å². The van der Waals surface area contributed by atoms with E-state index < -0.39 is 23.2 Å². The SMILES string of the molecule is O=C1Nc2sc(Cl)c(-c3cccc(F)c3)c2C(=O)C1(F)c1cccnc1. The number of nitrogens with zero attached hydrogens (tertiary/aromatic N) is 1. The number of anilines is 1. The van der Waals surface area contributed by atoms with Gasteiger partial charge in [0.05, 0.1) is 5.56 Å². The van der Waals surface area contributed by atoms with E-state index in [1.807, 2.05) is 0 Å². The fourth-order valence-electron chi connectivity index (χ4n) is 2.90. The molecule has 0 saturated heterocycles. The molecule has 1 N–H and O–H groups in total. The minimum atomic E-state index is -2.94. The van der Waals surface area contributed by atoms with E-state index in [0.29, 0.717) is 5.56 Å². The Morgan fingerprint density at radius 2 is 1.96 bits per heavy atom. The van der Waals surface area contributed by atoms with E-state index in [9.17, 15) is 14.0 Å². The molecule has 1 aromatic carbocycles. The van der Waals surface area contributed by atoms with Crippen LogP contribution in [0.5, 0.6) is 0 Å². The van der Waals surface area contributed by atoms with Crippen LogP contribution in [-0.4, -0.2) is 16.7 Å². The van der Waals surface area contributed by atoms with Gasteiger partial charge in [-0.25, -0.2) is 8.78 Å². The number of fused-ring (bicyclic) bond motifs is 1. The molecule has 0 fully saturated rings. The minimum Gasteiger partial charge on any atom is -0.313 e. The number of thiophene rings is 1. The summed E-state index contributed by atoms with van der Waals surface area (Å²) < 4.78 is 29.4. The van der Waals surface area contributed by atoms with Gasteiger partial charge in [-0.3, -0.25) is 14.6 Å². The average molecular weight is 391 g/mol. The number of amides is 1. The molecular weight excluding hydrogens is 382 g/mol. The molecule has 0 radical (unpaired) electrons. The number of halogens is 3. The first-order chi connectivity index (χ1) is 12.4. The smallest absolute Gasteiger partial charge is 0.277 e. The lowest BCUT2D eigenvalue weighted by Gasteiger charge is -2.27. The number of aromatic nitrogens is 1. The van der Waals surface area contributed by atoms with E-state index in [1.54, 1.807) is 6.07 Å². The lowest BCUT2D eigenvalue weighted by Crippen LogP contribution is -2.47. The molecule has 4 rings (SSSR count). The van der Waals surface area contributed by atoms with Gasteiger partial charge in [0.15, 0.2) is 0 Å². The molecule has 3 aromatic rings. The van der Waals surface area contributed by atoms with Crippen LogP contribution in [0.15, 0.2) is 48.8 Å². The van der Waals surface area contributed by atoms with Crippen molar-refractivity contribution < 1.29 is 18.4 Å². The highest BCUT2D eigenvalue weighted by Crippen LogP contribution is 2.49. The molecular formula is C18H9ClF2N2O2S. The van der Waals surface area contributed by atoms with Gasteiger partial charge in [0.2, 0.25) is 5.78 Å². The summed E-state index contributed by atoms with van der Waals surface area (Å²) >= 11 is 7.16. The highest BCUT2D eigenvalue weighted by molar-refractivity contribution is 7.21. The first-order valence-corrected chi connectivity index (χ1v) is 8.66. The van der Waals surface area contributed by atoms with Crippen molar-refractivity contribution in [3.8, 4) is 11.1 Å². The normalized spacial score (nSPS) is 19.2. The number of nitrogens with one attached hydrogen (secondary N) is 1. The second kappa shape index (κ2) is 5.96. The van der Waals surface area contributed by atoms with Gasteiger partial charge < -0.3 is 5.32 Å². The number of hydrogen-bond donors (Lipinski definition) is 1. The van der Waals surface area contributed by atoms with Crippen LogP contribution >= 0.6 is 22.9 Å². The molecule has 1 amide bonds. The number of carbonyl (C=O) groups is 2. The molecule has 26 heavy (non-hydrogen) atoms. The second-order valence-corrected chi connectivity index (χ2v) is 7.27. The van der Waals surface area contributed by atoms with Gasteiger partial charge in [0.25, 0.3) is 11.6 Å². The Labute approximate surface area is 155 Å². The molecule has 3 heterocycles. The molecule has 2 aromatic heterocycles. The topological polar surface area (TPSA) is 59.1 Å². The molecule has 1 aliphatic rings. The van der Waals surface area contributed by atoms with Gasteiger partial charge in [0.1, 0.15) is 15.2 Å². The van der Waals surface area contributed by atoms with Crippen LogP contribution in [0.1, 0.15) is 15.9 Å². The highest BCUT2D eigenvalue weighted by atomic mass is 35.5. The summed E-state index contributed by atoms with van der Waals surface area (Å²) in [6.07, 6.45) is 2.53. The van der Waals surface area contributed by atoms with Gasteiger partial charge >= 0.3 is 0 Å². The van der Waals surface area contributed by atoms with E-state index in [4.69, 9.17) is 11.6 Å². The standard InChI is InChI=1S/C18H9ClF2N2O2S/c19-15-12(9-3-1-5-11(20)7-9)13-14(24)18(21,10-4-2-6-22-8-10)17(25)23-16(13)26-15/h1-8H,(H,23,25). The third kappa shape index (κ3) is 2.35. The number of Topliss-reactive ketones (excluding diaryl/α,β-unsaturated/α-hetero) is 1. The third-order valence-electron chi connectivity index (χ3n) is 4.12. The van der Waals surface area contributed by atoms with Crippen molar-refractivity contribution in [2.24, 2.45) is 0 Å². The number of ketones is 1. The summed E-state index contributed by atoms with van der Waals surface area (Å²) in [4.78, 5) is 29.2. The highest BCUT2D eigenvalue weighted by Gasteiger charge is 2.54. The molecule has 0 aliphatic carbocycles. The Hall–Kier alpha value is -2.64. The predicted molar refractivity (Wildman–Crippen MR) is 94.7 cm³/mol. The summed E-state index contributed by atoms with van der Waals surface area (Å²) in [5.41, 5.74) is -2.67. The predicted octanol–water partition coefficient (Wildman–Crippen LogP) is 4.60. The van der Waals surface area contributed by atoms with Crippen molar-refractivity contribution in [1.82, 2.24) is 4.98 Å². The van der Waals surface area contributed by atoms with Crippen molar-refractivity contribution in [3.05, 3.63) is 70.1 Å². The molecule has 1 aliphatic heterocycles. The zero-order valence-electron chi connectivity index (χ0n) is 12.9. The average Bonchev–Trinajstić information content (AvgIpc) is 2.96. The zero-order chi connectivity index (χ0) is 18.5. The fourth-order valence-corrected chi connectivity index (χ4v) is 4.28. The number of rotatable bonds is 2. The monoisotopic (exact) mass is 390 g/mol. The summed E-state index contributed by atoms with van der Waals surface area (Å²) in [5, 5.41) is 2.54. The molecule has 1 atom stereocenters. The van der Waals surface area contributed by atoms with Crippen molar-refractivity contribution in [2.75, 3.05) is 5.32 Å². The molecule has 8 heteroatoms. The van der Waals surface area contributed by atoms with Gasteiger partial charge in [0, 0.05) is 23.5 Å². The van der Waals surface area contributed by atoms with Crippen LogP contribution in [-0.2, 0) is 10.5 Å². The number of benzene rings is 1. The molecule has 0 spiro atoms. The summed E-state index contributed by atoms with van der Waals surface area (Å²) in [5.74, 6) is -2.68. The molecule has 1 unspecified atom stereocenters. The van der Waals surface area contributed by atoms with E-state index in [1.165, 1.54) is 36.5 Å². The van der Waals surface area contributed by atoms with E-state index in [-0.39, 0.29) is 26.0 Å². The molecule has 130 valence electrons. The van der Waals surface area contributed by atoms with Crippen LogP contribution in [0.4, 0.5) is 13.8 Å². The largest absolute Gasteiger partial charge is 0.313 e. The first-order valence-electron chi connectivity index (χ1n) is 7.47. The fraction of sp³-hybridized carbons (Fsp3) is 0.0556. The molecule has 4 nitrogen and oxygen atoms in total. The Morgan fingerprint density at radius 3 is 2.65 bits per heavy atom. The summed E-state index contributed by atoms with van der Waals surface area (Å²) in [6.45, 7) is 0. The van der Waals surface area contributed by atoms with Crippen LogP contribution in [0.2, 0.25) is 4.34 Å². The van der Waals surface area contributed by atoms with Crippen LogP contribution in [0.3, 0.4) is 0 Å². The quantitative estimate of drug-likeness (QED) is 0.650. The number of alkyl halides is 1. The van der Waals surface area contributed by atoms with Gasteiger partial charge in [-0.05, 0) is 23.8 Å². The van der Waals surface area contributed by atoms with Crippen LogP contribution in [0.25, 0.3) is 11.1 Å². The Morgan fingerprint density at radius 1 is 1.15 bits per heavy atom. The maximum absolute atomic E-state index is 15.6. The summed E-state index contributed by atoms with van der Waals surface area (Å²) in [7, 11) is 0. The number of pyridine rings is 1. The summed E-state index contributed by atoms with van der Waals surface area (Å²) in [6, 6.07) is 8.20. The zero-order valence-corrected chi connectivity index (χ0v) is 14.5. The van der Waals surface area contributed by atoms with Crippen LogP contribution < -0.4 is 5.32 Å². The molecule has 0 bridgehead atoms. The Balaban J connectivity index is 1.95. The lowest BCUT2D eigenvalue weighted by molar-refractivity contribution is -0.125. The maximum atomic E-state index is 15.6. The Kier molecular flexibility index (Phi) is 3.86. The second-order valence-electron chi connectivity index (χ2n) is 5.65. The van der Waals surface area contributed by atoms with E-state index >= 15 is 4.39 Å². The van der Waals surface area contributed by atoms with E-state index in [2.05, 4.69) is 10.3 Å². The maximum Gasteiger partial charge on any atom is 0.277 e. The van der Waals surface area contributed by atoms with Crippen molar-refractivity contribution in [3.63, 3.8) is 0 Å².